The van der Waals surface area contributed by atoms with E-state index in [0.717, 1.165) is 24.1 Å². The van der Waals surface area contributed by atoms with Crippen molar-refractivity contribution in [2.24, 2.45) is 0 Å². The molecule has 0 radical (unpaired) electrons. The molecule has 1 aromatic heterocycles. The van der Waals surface area contributed by atoms with Crippen molar-refractivity contribution in [2.75, 3.05) is 11.4 Å². The first-order valence-electron chi connectivity index (χ1n) is 6.81. The fraction of sp³-hybridized carbons (Fsp3) is 0.250. The summed E-state index contributed by atoms with van der Waals surface area (Å²) in [7, 11) is 0. The van der Waals surface area contributed by atoms with E-state index in [-0.39, 0.29) is 11.5 Å². The van der Waals surface area contributed by atoms with Crippen molar-refractivity contribution in [2.45, 2.75) is 19.8 Å². The van der Waals surface area contributed by atoms with Crippen LogP contribution in [0.5, 0.6) is 0 Å². The molecule has 2 heterocycles. The Balaban J connectivity index is 1.97. The molecule has 0 spiro atoms. The molecule has 1 amide bonds. The summed E-state index contributed by atoms with van der Waals surface area (Å²) in [6, 6.07) is 8.29. The van der Waals surface area contributed by atoms with E-state index in [1.54, 1.807) is 36.1 Å². The van der Waals surface area contributed by atoms with E-state index in [9.17, 15) is 9.59 Å². The minimum Gasteiger partial charge on any atom is -0.478 e. The van der Waals surface area contributed by atoms with Crippen LogP contribution in [0.3, 0.4) is 0 Å². The number of benzene rings is 1. The molecule has 0 atom stereocenters. The van der Waals surface area contributed by atoms with Crippen molar-refractivity contribution in [1.29, 1.82) is 0 Å². The Morgan fingerprint density at radius 2 is 2.05 bits per heavy atom. The Morgan fingerprint density at radius 1 is 1.24 bits per heavy atom. The average molecular weight is 285 g/mol. The number of aromatic carboxylic acids is 1. The largest absolute Gasteiger partial charge is 0.478 e. The van der Waals surface area contributed by atoms with Crippen molar-refractivity contribution in [3.63, 3.8) is 0 Å². The molecule has 0 bridgehead atoms. The molecule has 0 saturated carbocycles. The lowest BCUT2D eigenvalue weighted by Crippen LogP contribution is -2.35. The lowest BCUT2D eigenvalue weighted by atomic mass is 9.99. The standard InChI is InChI=1S/C16H15NO4/c1-10-4-7-14(21-10)15(18)17-8-2-3-11-9-12(16(19)20)5-6-13(11)17/h4-7,9H,2-3,8H2,1H3,(H,19,20). The van der Waals surface area contributed by atoms with Gasteiger partial charge in [0.05, 0.1) is 5.56 Å². The normalized spacial score (nSPS) is 13.9. The van der Waals surface area contributed by atoms with Gasteiger partial charge in [-0.3, -0.25) is 4.79 Å². The maximum Gasteiger partial charge on any atom is 0.335 e. The zero-order valence-electron chi connectivity index (χ0n) is 11.6. The van der Waals surface area contributed by atoms with E-state index in [1.807, 2.05) is 0 Å². The molecular weight excluding hydrogens is 270 g/mol. The molecule has 0 aliphatic carbocycles. The average Bonchev–Trinajstić information content (AvgIpc) is 2.91. The van der Waals surface area contributed by atoms with Gasteiger partial charge in [0, 0.05) is 12.2 Å². The van der Waals surface area contributed by atoms with E-state index in [4.69, 9.17) is 9.52 Å². The molecule has 2 aromatic rings. The van der Waals surface area contributed by atoms with Gasteiger partial charge in [-0.15, -0.1) is 0 Å². The molecule has 1 N–H and O–H groups in total. The molecule has 1 aliphatic rings. The molecule has 3 rings (SSSR count). The first-order chi connectivity index (χ1) is 10.1. The Bertz CT molecular complexity index is 717. The van der Waals surface area contributed by atoms with Crippen molar-refractivity contribution >= 4 is 17.6 Å². The summed E-state index contributed by atoms with van der Waals surface area (Å²) in [6.45, 7) is 2.40. The van der Waals surface area contributed by atoms with Gasteiger partial charge in [0.25, 0.3) is 5.91 Å². The third kappa shape index (κ3) is 2.42. The van der Waals surface area contributed by atoms with Gasteiger partial charge in [-0.25, -0.2) is 4.79 Å². The lowest BCUT2D eigenvalue weighted by Gasteiger charge is -2.29. The fourth-order valence-electron chi connectivity index (χ4n) is 2.62. The van der Waals surface area contributed by atoms with Crippen molar-refractivity contribution in [1.82, 2.24) is 0 Å². The molecule has 1 aliphatic heterocycles. The van der Waals surface area contributed by atoms with Gasteiger partial charge in [-0.1, -0.05) is 0 Å². The molecule has 108 valence electrons. The minimum atomic E-state index is -0.956. The van der Waals surface area contributed by atoms with Crippen molar-refractivity contribution in [3.8, 4) is 0 Å². The summed E-state index contributed by atoms with van der Waals surface area (Å²) >= 11 is 0. The maximum absolute atomic E-state index is 12.5. The molecule has 5 nitrogen and oxygen atoms in total. The third-order valence-electron chi connectivity index (χ3n) is 3.64. The van der Waals surface area contributed by atoms with Crippen molar-refractivity contribution < 1.29 is 19.1 Å². The van der Waals surface area contributed by atoms with Gasteiger partial charge < -0.3 is 14.4 Å². The van der Waals surface area contributed by atoms with Crippen LogP contribution in [-0.4, -0.2) is 23.5 Å². The highest BCUT2D eigenvalue weighted by atomic mass is 16.4. The summed E-state index contributed by atoms with van der Waals surface area (Å²) < 4.78 is 5.39. The summed E-state index contributed by atoms with van der Waals surface area (Å²) in [6.07, 6.45) is 1.58. The van der Waals surface area contributed by atoms with Crippen LogP contribution in [0.1, 0.15) is 38.7 Å². The second-order valence-corrected chi connectivity index (χ2v) is 5.12. The quantitative estimate of drug-likeness (QED) is 0.921. The van der Waals surface area contributed by atoms with Crippen LogP contribution in [0.25, 0.3) is 0 Å². The van der Waals surface area contributed by atoms with Crippen LogP contribution in [0.4, 0.5) is 5.69 Å². The summed E-state index contributed by atoms with van der Waals surface area (Å²) in [5, 5.41) is 9.05. The van der Waals surface area contributed by atoms with E-state index >= 15 is 0 Å². The molecule has 0 saturated heterocycles. The highest BCUT2D eigenvalue weighted by Gasteiger charge is 2.26. The second-order valence-electron chi connectivity index (χ2n) is 5.12. The molecule has 5 heteroatoms. The number of amides is 1. The van der Waals surface area contributed by atoms with E-state index < -0.39 is 5.97 Å². The third-order valence-corrected chi connectivity index (χ3v) is 3.64. The summed E-state index contributed by atoms with van der Waals surface area (Å²) in [4.78, 5) is 25.2. The number of furan rings is 1. The number of carbonyl (C=O) groups is 2. The van der Waals surface area contributed by atoms with Crippen molar-refractivity contribution in [3.05, 3.63) is 53.0 Å². The first-order valence-corrected chi connectivity index (χ1v) is 6.81. The minimum absolute atomic E-state index is 0.188. The van der Waals surface area contributed by atoms with Gasteiger partial charge >= 0.3 is 5.97 Å². The highest BCUT2D eigenvalue weighted by Crippen LogP contribution is 2.29. The first kappa shape index (κ1) is 13.4. The number of aryl methyl sites for hydroxylation is 2. The number of carboxylic acids is 1. The monoisotopic (exact) mass is 285 g/mol. The number of anilines is 1. The fourth-order valence-corrected chi connectivity index (χ4v) is 2.62. The van der Waals surface area contributed by atoms with Crippen LogP contribution in [0, 0.1) is 6.92 Å². The number of carbonyl (C=O) groups excluding carboxylic acids is 1. The van der Waals surface area contributed by atoms with Gasteiger partial charge in [0.2, 0.25) is 0 Å². The molecule has 1 aromatic carbocycles. The predicted octanol–water partition coefficient (Wildman–Crippen LogP) is 2.88. The maximum atomic E-state index is 12.5. The highest BCUT2D eigenvalue weighted by molar-refractivity contribution is 6.05. The molecule has 0 unspecified atom stereocenters. The SMILES string of the molecule is Cc1ccc(C(=O)N2CCCc3cc(C(=O)O)ccc32)o1. The number of carboxylic acid groups (broad SMARTS) is 1. The number of rotatable bonds is 2. The Kier molecular flexibility index (Phi) is 3.25. The molecular formula is C16H15NO4. The van der Waals surface area contributed by atoms with E-state index in [0.29, 0.717) is 18.1 Å². The zero-order valence-corrected chi connectivity index (χ0v) is 11.6. The van der Waals surface area contributed by atoms with Gasteiger partial charge in [-0.05, 0) is 55.7 Å². The Hall–Kier alpha value is -2.56. The van der Waals surface area contributed by atoms with Gasteiger partial charge in [0.1, 0.15) is 5.76 Å². The van der Waals surface area contributed by atoms with E-state index in [2.05, 4.69) is 0 Å². The van der Waals surface area contributed by atoms with Gasteiger partial charge in [-0.2, -0.15) is 0 Å². The zero-order chi connectivity index (χ0) is 15.0. The van der Waals surface area contributed by atoms with E-state index in [1.165, 1.54) is 6.07 Å². The smallest absolute Gasteiger partial charge is 0.335 e. The number of hydrogen-bond donors (Lipinski definition) is 1. The van der Waals surface area contributed by atoms with Crippen LogP contribution >= 0.6 is 0 Å². The number of hydrogen-bond acceptors (Lipinski definition) is 3. The topological polar surface area (TPSA) is 70.8 Å². The van der Waals surface area contributed by atoms with Crippen LogP contribution in [-0.2, 0) is 6.42 Å². The summed E-state index contributed by atoms with van der Waals surface area (Å²) in [5.41, 5.74) is 1.90. The van der Waals surface area contributed by atoms with Crippen LogP contribution in [0.2, 0.25) is 0 Å². The van der Waals surface area contributed by atoms with Gasteiger partial charge in [0.15, 0.2) is 5.76 Å². The van der Waals surface area contributed by atoms with Crippen LogP contribution < -0.4 is 4.90 Å². The summed E-state index contributed by atoms with van der Waals surface area (Å²) in [5.74, 6) is -0.144. The number of nitrogens with zero attached hydrogens (tertiary/aromatic N) is 1. The number of fused-ring (bicyclic) bond motifs is 1. The molecule has 21 heavy (non-hydrogen) atoms. The van der Waals surface area contributed by atoms with Crippen LogP contribution in [0.15, 0.2) is 34.7 Å². The Morgan fingerprint density at radius 3 is 2.71 bits per heavy atom. The second kappa shape index (κ2) is 5.09. The predicted molar refractivity (Wildman–Crippen MR) is 76.8 cm³/mol. The Labute approximate surface area is 121 Å². The molecule has 0 fully saturated rings. The lowest BCUT2D eigenvalue weighted by molar-refractivity contribution is 0.0696.